The number of benzene rings is 2. The van der Waals surface area contributed by atoms with Crippen LogP contribution in [0.5, 0.6) is 0 Å². The number of nitrogens with two attached hydrogens (primary N) is 1. The van der Waals surface area contributed by atoms with E-state index in [1.54, 1.807) is 0 Å². The van der Waals surface area contributed by atoms with Crippen molar-refractivity contribution in [3.05, 3.63) is 59.8 Å². The lowest BCUT2D eigenvalue weighted by Crippen LogP contribution is -2.19. The first-order valence-corrected chi connectivity index (χ1v) is 12.9. The van der Waals surface area contributed by atoms with Crippen molar-refractivity contribution in [1.29, 1.82) is 0 Å². The van der Waals surface area contributed by atoms with E-state index in [1.165, 1.54) is 71.7 Å². The van der Waals surface area contributed by atoms with Crippen LogP contribution in [0, 0.1) is 6.92 Å². The summed E-state index contributed by atoms with van der Waals surface area (Å²) >= 11 is 0. The van der Waals surface area contributed by atoms with Crippen LogP contribution in [0.1, 0.15) is 76.0 Å². The topological polar surface area (TPSA) is 43.0 Å². The van der Waals surface area contributed by atoms with E-state index < -0.39 is 0 Å². The molecule has 0 spiro atoms. The highest BCUT2D eigenvalue weighted by molar-refractivity contribution is 5.89. The molecular formula is C29H43N3. The summed E-state index contributed by atoms with van der Waals surface area (Å²) in [5.74, 6) is 0. The highest BCUT2D eigenvalue weighted by Crippen LogP contribution is 2.36. The third-order valence-corrected chi connectivity index (χ3v) is 6.70. The molecule has 1 aliphatic rings. The van der Waals surface area contributed by atoms with Crippen LogP contribution in [0.4, 0.5) is 0 Å². The lowest BCUT2D eigenvalue weighted by molar-refractivity contribution is 0.360. The van der Waals surface area contributed by atoms with Crippen molar-refractivity contribution in [3.63, 3.8) is 0 Å². The number of aromatic nitrogens is 1. The van der Waals surface area contributed by atoms with Crippen LogP contribution in [0.25, 0.3) is 22.0 Å². The molecule has 0 unspecified atom stereocenters. The number of rotatable bonds is 9. The van der Waals surface area contributed by atoms with E-state index in [2.05, 4.69) is 65.5 Å². The summed E-state index contributed by atoms with van der Waals surface area (Å²) in [5.41, 5.74) is 12.6. The third-order valence-electron chi connectivity index (χ3n) is 6.70. The average Bonchev–Trinajstić information content (AvgIpc) is 3.21. The van der Waals surface area contributed by atoms with Crippen LogP contribution >= 0.6 is 0 Å². The Morgan fingerprint density at radius 1 is 0.969 bits per heavy atom. The molecule has 0 bridgehead atoms. The summed E-state index contributed by atoms with van der Waals surface area (Å²) in [7, 11) is 0. The van der Waals surface area contributed by atoms with Crippen LogP contribution in [-0.2, 0) is 6.42 Å². The summed E-state index contributed by atoms with van der Waals surface area (Å²) in [6.07, 6.45) is 12.6. The van der Waals surface area contributed by atoms with Gasteiger partial charge in [0.2, 0.25) is 0 Å². The van der Waals surface area contributed by atoms with Gasteiger partial charge in [-0.1, -0.05) is 63.4 Å². The number of nitrogens with zero attached hydrogens (tertiary/aromatic N) is 1. The van der Waals surface area contributed by atoms with Gasteiger partial charge < -0.3 is 15.6 Å². The van der Waals surface area contributed by atoms with Crippen molar-refractivity contribution in [2.24, 2.45) is 5.73 Å². The summed E-state index contributed by atoms with van der Waals surface area (Å²) in [4.78, 5) is 0. The Balaban J connectivity index is 0.00000141. The first-order valence-electron chi connectivity index (χ1n) is 12.9. The number of aryl methyl sites for hydroxylation is 2. The third kappa shape index (κ3) is 6.02. The summed E-state index contributed by atoms with van der Waals surface area (Å²) in [6.45, 7) is 9.07. The van der Waals surface area contributed by atoms with Gasteiger partial charge >= 0.3 is 0 Å². The lowest BCUT2D eigenvalue weighted by Gasteiger charge is -2.24. The second-order valence-corrected chi connectivity index (χ2v) is 8.90. The number of hydrogen-bond donors (Lipinski definition) is 2. The molecule has 1 aromatic heterocycles. The fourth-order valence-corrected chi connectivity index (χ4v) is 5.01. The van der Waals surface area contributed by atoms with Gasteiger partial charge in [-0.2, -0.15) is 0 Å². The Morgan fingerprint density at radius 2 is 1.72 bits per heavy atom. The molecule has 1 fully saturated rings. The second kappa shape index (κ2) is 12.8. The van der Waals surface area contributed by atoms with Crippen molar-refractivity contribution in [2.75, 3.05) is 19.6 Å². The molecule has 32 heavy (non-hydrogen) atoms. The van der Waals surface area contributed by atoms with Gasteiger partial charge in [-0.25, -0.2) is 0 Å². The minimum absolute atomic E-state index is 0.669. The molecule has 3 aromatic rings. The predicted octanol–water partition coefficient (Wildman–Crippen LogP) is 7.02. The summed E-state index contributed by atoms with van der Waals surface area (Å²) in [6, 6.07) is 16.5. The van der Waals surface area contributed by atoms with Crippen molar-refractivity contribution in [1.82, 2.24) is 9.88 Å². The summed E-state index contributed by atoms with van der Waals surface area (Å²) < 4.78 is 2.60. The average molecular weight is 434 g/mol. The Kier molecular flexibility index (Phi) is 9.83. The molecule has 1 aliphatic carbocycles. The van der Waals surface area contributed by atoms with E-state index in [9.17, 15) is 0 Å². The van der Waals surface area contributed by atoms with Crippen LogP contribution < -0.4 is 11.1 Å². The van der Waals surface area contributed by atoms with E-state index >= 15 is 0 Å². The van der Waals surface area contributed by atoms with E-state index in [-0.39, 0.29) is 0 Å². The predicted molar refractivity (Wildman–Crippen MR) is 140 cm³/mol. The minimum Gasteiger partial charge on any atom is -0.344 e. The van der Waals surface area contributed by atoms with E-state index in [1.807, 2.05) is 13.8 Å². The molecule has 0 aliphatic heterocycles. The number of fused-ring (bicyclic) bond motifs is 1. The van der Waals surface area contributed by atoms with Crippen molar-refractivity contribution in [2.45, 2.75) is 78.2 Å². The van der Waals surface area contributed by atoms with Gasteiger partial charge in [0, 0.05) is 23.1 Å². The van der Waals surface area contributed by atoms with Gasteiger partial charge in [0.15, 0.2) is 0 Å². The molecule has 1 heterocycles. The van der Waals surface area contributed by atoms with Crippen LogP contribution in [0.2, 0.25) is 0 Å². The Hall–Kier alpha value is -2.10. The molecule has 3 nitrogen and oxygen atoms in total. The summed E-state index contributed by atoms with van der Waals surface area (Å²) in [5, 5.41) is 4.98. The highest BCUT2D eigenvalue weighted by atomic mass is 15.0. The molecule has 0 amide bonds. The number of hydrogen-bond acceptors (Lipinski definition) is 2. The van der Waals surface area contributed by atoms with Crippen molar-refractivity contribution < 1.29 is 0 Å². The van der Waals surface area contributed by atoms with Gasteiger partial charge in [-0.05, 0) is 93.0 Å². The monoisotopic (exact) mass is 433 g/mol. The molecule has 0 atom stereocenters. The zero-order chi connectivity index (χ0) is 22.8. The molecular weight excluding hydrogens is 390 g/mol. The standard InChI is InChI=1S/C27H37N3.C2H6/c1-21-9-5-6-13-25(21)22-14-15-27-26(19-22)23(10-7-17-29-18-8-16-28)20-30(27)24-11-3-2-4-12-24;1-2/h5-6,9,13-15,19-20,24,29H,2-4,7-8,10-12,16-18,28H2,1H3;1-2H3. The quantitative estimate of drug-likeness (QED) is 0.356. The van der Waals surface area contributed by atoms with Gasteiger partial charge in [0.25, 0.3) is 0 Å². The first kappa shape index (κ1) is 24.5. The van der Waals surface area contributed by atoms with Gasteiger partial charge in [0.1, 0.15) is 0 Å². The van der Waals surface area contributed by atoms with E-state index in [4.69, 9.17) is 5.73 Å². The van der Waals surface area contributed by atoms with Crippen molar-refractivity contribution in [3.8, 4) is 11.1 Å². The Labute approximate surface area is 195 Å². The van der Waals surface area contributed by atoms with Crippen LogP contribution in [0.3, 0.4) is 0 Å². The van der Waals surface area contributed by atoms with Gasteiger partial charge in [0.05, 0.1) is 0 Å². The molecule has 3 N–H and O–H groups in total. The number of nitrogens with one attached hydrogen (secondary N) is 1. The largest absolute Gasteiger partial charge is 0.344 e. The fourth-order valence-electron chi connectivity index (χ4n) is 5.01. The molecule has 4 rings (SSSR count). The maximum atomic E-state index is 5.60. The minimum atomic E-state index is 0.669. The molecule has 0 radical (unpaired) electrons. The van der Waals surface area contributed by atoms with Crippen molar-refractivity contribution >= 4 is 10.9 Å². The maximum Gasteiger partial charge on any atom is 0.0486 e. The SMILES string of the molecule is CC.Cc1ccccc1-c1ccc2c(c1)c(CCCNCCCN)cn2C1CCCCC1. The van der Waals surface area contributed by atoms with E-state index in [0.717, 1.165) is 32.5 Å². The zero-order valence-electron chi connectivity index (χ0n) is 20.5. The molecule has 0 saturated heterocycles. The molecule has 3 heteroatoms. The second-order valence-electron chi connectivity index (χ2n) is 8.90. The van der Waals surface area contributed by atoms with Gasteiger partial charge in [-0.3, -0.25) is 0 Å². The smallest absolute Gasteiger partial charge is 0.0486 e. The van der Waals surface area contributed by atoms with Gasteiger partial charge in [-0.15, -0.1) is 0 Å². The molecule has 2 aromatic carbocycles. The zero-order valence-corrected chi connectivity index (χ0v) is 20.5. The lowest BCUT2D eigenvalue weighted by atomic mass is 9.95. The fraction of sp³-hybridized carbons (Fsp3) is 0.517. The van der Waals surface area contributed by atoms with Crippen LogP contribution in [0.15, 0.2) is 48.7 Å². The molecule has 1 saturated carbocycles. The van der Waals surface area contributed by atoms with E-state index in [0.29, 0.717) is 6.04 Å². The highest BCUT2D eigenvalue weighted by Gasteiger charge is 2.19. The maximum absolute atomic E-state index is 5.60. The van der Waals surface area contributed by atoms with Crippen LogP contribution in [-0.4, -0.2) is 24.2 Å². The normalized spacial score (nSPS) is 14.4. The first-order chi connectivity index (χ1) is 15.8. The Bertz CT molecular complexity index is 950. The molecule has 174 valence electrons. The Morgan fingerprint density at radius 3 is 2.47 bits per heavy atom.